The van der Waals surface area contributed by atoms with E-state index < -0.39 is 16.7 Å². The second-order valence-corrected chi connectivity index (χ2v) is 4.29. The highest BCUT2D eigenvalue weighted by Gasteiger charge is 2.22. The van der Waals surface area contributed by atoms with Gasteiger partial charge < -0.3 is 9.47 Å². The van der Waals surface area contributed by atoms with Crippen LogP contribution in [0.5, 0.6) is 5.75 Å². The van der Waals surface area contributed by atoms with Crippen LogP contribution in [0, 0.1) is 10.1 Å². The summed E-state index contributed by atoms with van der Waals surface area (Å²) in [4.78, 5) is 21.4. The van der Waals surface area contributed by atoms with Crippen LogP contribution in [0.15, 0.2) is 24.3 Å². The molecule has 1 aromatic rings. The third-order valence-corrected chi connectivity index (χ3v) is 1.64. The maximum absolute atomic E-state index is 11.3. The Morgan fingerprint density at radius 1 is 1.29 bits per heavy atom. The van der Waals surface area contributed by atoms with Crippen molar-refractivity contribution in [2.45, 2.75) is 26.4 Å². The predicted molar refractivity (Wildman–Crippen MR) is 60.0 cm³/mol. The van der Waals surface area contributed by atoms with Gasteiger partial charge in [-0.1, -0.05) is 12.1 Å². The zero-order chi connectivity index (χ0) is 13.1. The van der Waals surface area contributed by atoms with E-state index in [2.05, 4.69) is 0 Å². The summed E-state index contributed by atoms with van der Waals surface area (Å²) in [5, 5.41) is 10.7. The lowest BCUT2D eigenvalue weighted by molar-refractivity contribution is -0.385. The van der Waals surface area contributed by atoms with Crippen LogP contribution < -0.4 is 4.74 Å². The predicted octanol–water partition coefficient (Wildman–Crippen LogP) is 2.91. The summed E-state index contributed by atoms with van der Waals surface area (Å²) < 4.78 is 9.67. The summed E-state index contributed by atoms with van der Waals surface area (Å²) >= 11 is 0. The first kappa shape index (κ1) is 13.0. The van der Waals surface area contributed by atoms with Gasteiger partial charge >= 0.3 is 11.8 Å². The van der Waals surface area contributed by atoms with E-state index in [0.717, 1.165) is 0 Å². The number of nitrogens with zero attached hydrogens (tertiary/aromatic N) is 1. The Bertz CT molecular complexity index is 436. The molecule has 0 saturated carbocycles. The maximum atomic E-state index is 11.3. The first-order chi connectivity index (χ1) is 7.79. The van der Waals surface area contributed by atoms with Crippen LogP contribution in [0.25, 0.3) is 0 Å². The van der Waals surface area contributed by atoms with E-state index in [1.165, 1.54) is 24.3 Å². The molecule has 0 radical (unpaired) electrons. The lowest BCUT2D eigenvalue weighted by Crippen LogP contribution is -2.26. The topological polar surface area (TPSA) is 78.7 Å². The van der Waals surface area contributed by atoms with Crippen molar-refractivity contribution in [1.82, 2.24) is 0 Å². The normalized spacial score (nSPS) is 10.8. The van der Waals surface area contributed by atoms with Crippen LogP contribution in [-0.4, -0.2) is 16.7 Å². The molecule has 0 amide bonds. The lowest BCUT2D eigenvalue weighted by atomic mass is 10.2. The Kier molecular flexibility index (Phi) is 3.67. The Morgan fingerprint density at radius 3 is 2.41 bits per heavy atom. The standard InChI is InChI=1S/C11H13NO5/c1-11(2,3)17-10(13)16-9-7-5-4-6-8(9)12(14)15/h4-7H,1-3H3. The molecule has 0 aliphatic rings. The molecule has 0 fully saturated rings. The molecular formula is C11H13NO5. The minimum absolute atomic E-state index is 0.133. The Morgan fingerprint density at radius 2 is 1.88 bits per heavy atom. The van der Waals surface area contributed by atoms with Gasteiger partial charge in [-0.2, -0.15) is 0 Å². The first-order valence-corrected chi connectivity index (χ1v) is 4.94. The Hall–Kier alpha value is -2.11. The summed E-state index contributed by atoms with van der Waals surface area (Å²) in [6.45, 7) is 5.02. The van der Waals surface area contributed by atoms with E-state index in [-0.39, 0.29) is 11.4 Å². The summed E-state index contributed by atoms with van der Waals surface area (Å²) in [6.07, 6.45) is -0.966. The van der Waals surface area contributed by atoms with Crippen molar-refractivity contribution in [1.29, 1.82) is 0 Å². The maximum Gasteiger partial charge on any atom is 0.514 e. The summed E-state index contributed by atoms with van der Waals surface area (Å²) in [5.74, 6) is -0.133. The zero-order valence-corrected chi connectivity index (χ0v) is 9.80. The van der Waals surface area contributed by atoms with Crippen molar-refractivity contribution < 1.29 is 19.2 Å². The van der Waals surface area contributed by atoms with Crippen LogP contribution in [0.2, 0.25) is 0 Å². The van der Waals surface area contributed by atoms with E-state index in [9.17, 15) is 14.9 Å². The average Bonchev–Trinajstić information content (AvgIpc) is 2.14. The molecule has 17 heavy (non-hydrogen) atoms. The van der Waals surface area contributed by atoms with Gasteiger partial charge in [-0.3, -0.25) is 10.1 Å². The molecule has 1 aromatic carbocycles. The number of nitro benzene ring substituents is 1. The smallest absolute Gasteiger partial charge is 0.428 e. The van der Waals surface area contributed by atoms with Gasteiger partial charge in [-0.15, -0.1) is 0 Å². The molecule has 0 unspecified atom stereocenters. The average molecular weight is 239 g/mol. The fraction of sp³-hybridized carbons (Fsp3) is 0.364. The highest BCUT2D eigenvalue weighted by molar-refractivity contribution is 5.66. The Balaban J connectivity index is 2.82. The number of para-hydroxylation sites is 2. The minimum atomic E-state index is -0.966. The van der Waals surface area contributed by atoms with E-state index in [1.54, 1.807) is 20.8 Å². The lowest BCUT2D eigenvalue weighted by Gasteiger charge is -2.18. The van der Waals surface area contributed by atoms with Crippen molar-refractivity contribution >= 4 is 11.8 Å². The molecule has 0 aliphatic heterocycles. The highest BCUT2D eigenvalue weighted by atomic mass is 16.7. The van der Waals surface area contributed by atoms with Crippen LogP contribution in [0.4, 0.5) is 10.5 Å². The summed E-state index contributed by atoms with van der Waals surface area (Å²) in [5.41, 5.74) is -0.987. The fourth-order valence-corrected chi connectivity index (χ4v) is 1.05. The van der Waals surface area contributed by atoms with Crippen LogP contribution in [-0.2, 0) is 4.74 Å². The molecule has 6 heteroatoms. The number of hydrogen-bond donors (Lipinski definition) is 0. The van der Waals surface area contributed by atoms with Crippen molar-refractivity contribution in [3.8, 4) is 5.75 Å². The quantitative estimate of drug-likeness (QED) is 0.343. The van der Waals surface area contributed by atoms with Gasteiger partial charge in [0, 0.05) is 6.07 Å². The van der Waals surface area contributed by atoms with Crippen molar-refractivity contribution in [2.24, 2.45) is 0 Å². The van der Waals surface area contributed by atoms with Gasteiger partial charge in [0.2, 0.25) is 5.75 Å². The van der Waals surface area contributed by atoms with Crippen molar-refractivity contribution in [3.05, 3.63) is 34.4 Å². The van der Waals surface area contributed by atoms with Crippen LogP contribution in [0.3, 0.4) is 0 Å². The van der Waals surface area contributed by atoms with Crippen molar-refractivity contribution in [2.75, 3.05) is 0 Å². The van der Waals surface area contributed by atoms with Gasteiger partial charge in [0.25, 0.3) is 0 Å². The number of ether oxygens (including phenoxy) is 2. The minimum Gasteiger partial charge on any atom is -0.428 e. The molecule has 0 aromatic heterocycles. The third kappa shape index (κ3) is 4.10. The second kappa shape index (κ2) is 4.82. The van der Waals surface area contributed by atoms with Crippen LogP contribution in [0.1, 0.15) is 20.8 Å². The molecule has 0 N–H and O–H groups in total. The second-order valence-electron chi connectivity index (χ2n) is 4.29. The number of rotatable bonds is 2. The largest absolute Gasteiger partial charge is 0.514 e. The monoisotopic (exact) mass is 239 g/mol. The summed E-state index contributed by atoms with van der Waals surface area (Å²) in [6, 6.07) is 5.61. The SMILES string of the molecule is CC(C)(C)OC(=O)Oc1ccccc1[N+](=O)[O-]. The first-order valence-electron chi connectivity index (χ1n) is 4.94. The number of hydrogen-bond acceptors (Lipinski definition) is 5. The number of carbonyl (C=O) groups is 1. The molecule has 6 nitrogen and oxygen atoms in total. The van der Waals surface area contributed by atoms with Crippen molar-refractivity contribution in [3.63, 3.8) is 0 Å². The number of benzene rings is 1. The molecule has 0 saturated heterocycles. The molecule has 0 heterocycles. The Labute approximate surface area is 98.3 Å². The molecule has 1 rings (SSSR count). The van der Waals surface area contributed by atoms with Gasteiger partial charge in [0.1, 0.15) is 5.60 Å². The molecule has 0 atom stereocenters. The molecule has 92 valence electrons. The number of nitro groups is 1. The highest BCUT2D eigenvalue weighted by Crippen LogP contribution is 2.26. The molecular weight excluding hydrogens is 226 g/mol. The zero-order valence-electron chi connectivity index (χ0n) is 9.80. The van der Waals surface area contributed by atoms with E-state index >= 15 is 0 Å². The van der Waals surface area contributed by atoms with Gasteiger partial charge in [0.05, 0.1) is 4.92 Å². The fourth-order valence-electron chi connectivity index (χ4n) is 1.05. The third-order valence-electron chi connectivity index (χ3n) is 1.64. The van der Waals surface area contributed by atoms with E-state index in [0.29, 0.717) is 0 Å². The van der Waals surface area contributed by atoms with E-state index in [1.807, 2.05) is 0 Å². The van der Waals surface area contributed by atoms with Gasteiger partial charge in [-0.05, 0) is 26.8 Å². The van der Waals surface area contributed by atoms with Gasteiger partial charge in [0.15, 0.2) is 0 Å². The molecule has 0 aliphatic carbocycles. The molecule has 0 spiro atoms. The molecule has 0 bridgehead atoms. The number of carbonyl (C=O) groups excluding carboxylic acids is 1. The van der Waals surface area contributed by atoms with E-state index in [4.69, 9.17) is 9.47 Å². The summed E-state index contributed by atoms with van der Waals surface area (Å²) in [7, 11) is 0. The van der Waals surface area contributed by atoms with Crippen LogP contribution >= 0.6 is 0 Å². The van der Waals surface area contributed by atoms with Gasteiger partial charge in [-0.25, -0.2) is 4.79 Å².